The third kappa shape index (κ3) is 22.9. The summed E-state index contributed by atoms with van der Waals surface area (Å²) in [5, 5.41) is 45.2. The Kier molecular flexibility index (Phi) is 28.6. The first-order valence-corrected chi connectivity index (χ1v) is 26.8. The smallest absolute Gasteiger partial charge is 0.327 e. The van der Waals surface area contributed by atoms with Crippen molar-refractivity contribution in [2.45, 2.75) is 141 Å². The number of carboxylic acids is 3. The number of carbonyl (C=O) groups is 10. The molecule has 1 aromatic carbocycles. The van der Waals surface area contributed by atoms with Crippen molar-refractivity contribution < 1.29 is 68.0 Å². The van der Waals surface area contributed by atoms with Crippen molar-refractivity contribution in [3.63, 3.8) is 0 Å². The Balaban J connectivity index is 2.80. The number of hydrogen-bond donors (Lipinski definition) is 12. The number of amides is 7. The number of nitrogens with zero attached hydrogens (tertiary/aromatic N) is 2. The quantitative estimate of drug-likeness (QED) is 0.0343. The van der Waals surface area contributed by atoms with E-state index in [1.807, 2.05) is 43.3 Å². The number of thioether (sulfide) groups is 1. The van der Waals surface area contributed by atoms with Gasteiger partial charge in [-0.1, -0.05) is 88.8 Å². The minimum atomic E-state index is -1.93. The molecule has 1 aromatic rings. The Morgan fingerprint density at radius 2 is 1.44 bits per heavy atom. The molecule has 1 aliphatic rings. The third-order valence-electron chi connectivity index (χ3n) is 13.0. The number of carbonyl (C=O) groups excluding carboxylic acids is 7. The van der Waals surface area contributed by atoms with Crippen molar-refractivity contribution in [3.8, 4) is 0 Å². The van der Waals surface area contributed by atoms with Crippen LogP contribution in [0.15, 0.2) is 59.1 Å². The van der Waals surface area contributed by atoms with Crippen LogP contribution < -0.4 is 49.1 Å². The molecule has 0 saturated carbocycles. The fraction of sp³-hybridized carbons (Fsp3) is 0.596. The maximum Gasteiger partial charge on any atom is 0.327 e. The van der Waals surface area contributed by atoms with Crippen LogP contribution in [0, 0.1) is 23.7 Å². The van der Waals surface area contributed by atoms with Gasteiger partial charge in [0.2, 0.25) is 41.4 Å². The summed E-state index contributed by atoms with van der Waals surface area (Å²) >= 11 is 0.909. The highest BCUT2D eigenvalue weighted by Gasteiger charge is 2.38. The summed E-state index contributed by atoms with van der Waals surface area (Å²) in [4.78, 5) is 140. The Hall–Kier alpha value is -7.06. The van der Waals surface area contributed by atoms with Gasteiger partial charge in [0.1, 0.15) is 42.3 Å². The van der Waals surface area contributed by atoms with Gasteiger partial charge in [0.05, 0.1) is 24.0 Å². The zero-order chi connectivity index (χ0) is 59.0. The van der Waals surface area contributed by atoms with E-state index in [-0.39, 0.29) is 61.2 Å². The molecule has 0 aromatic heterocycles. The molecule has 0 bridgehead atoms. The van der Waals surface area contributed by atoms with Crippen LogP contribution in [0.5, 0.6) is 0 Å². The van der Waals surface area contributed by atoms with Crippen molar-refractivity contribution in [3.05, 3.63) is 59.7 Å². The second kappa shape index (κ2) is 33.3. The monoisotopic (exact) mass is 1120 g/mol. The van der Waals surface area contributed by atoms with E-state index >= 15 is 0 Å². The Morgan fingerprint density at radius 3 is 2.01 bits per heavy atom. The van der Waals surface area contributed by atoms with Gasteiger partial charge in [-0.3, -0.25) is 43.3 Å². The number of aliphatic carboxylic acids is 3. The lowest BCUT2D eigenvalue weighted by Crippen LogP contribution is -2.59. The molecule has 0 unspecified atom stereocenters. The number of allylic oxidation sites excluding steroid dienone is 2. The molecule has 26 heteroatoms. The molecule has 2 rings (SSSR count). The Labute approximate surface area is 459 Å². The maximum atomic E-state index is 14.5. The van der Waals surface area contributed by atoms with Gasteiger partial charge in [0.15, 0.2) is 5.96 Å². The summed E-state index contributed by atoms with van der Waals surface area (Å²) in [6, 6.07) is -2.12. The first-order chi connectivity index (χ1) is 36.6. The fourth-order valence-electron chi connectivity index (χ4n) is 8.11. The summed E-state index contributed by atoms with van der Waals surface area (Å²) in [5.74, 6) is -14.7. The zero-order valence-corrected chi connectivity index (χ0v) is 46.7. The second-order valence-corrected chi connectivity index (χ2v) is 21.0. The van der Waals surface area contributed by atoms with E-state index in [0.29, 0.717) is 12.0 Å². The Morgan fingerprint density at radius 1 is 0.821 bits per heavy atom. The van der Waals surface area contributed by atoms with Gasteiger partial charge in [0.25, 0.3) is 0 Å². The summed E-state index contributed by atoms with van der Waals surface area (Å²) in [7, 11) is 2.84. The standard InChI is InChI=1S/C52H81N11O14S/c1-27(2)22-38-47(69)62-42(51(75)76)31(6)44(66)59-36(16-13-21-56-52(54)55)46(68)58-35(18-17-28(3)23-29(4)40(77-9)24-33-14-11-10-12-15-33)30(5)43(65)60-37(50(73)74)19-20-41(64)63(8)39(26-78-25-34(53)49(71)72)48(70)57-32(7)45(67)61-38/h10-12,14-15,17-18,23,27,29-32,34-40,42H,13,16,19-22,24-26,53H2,1-9H3,(H,57,70)(H,58,68)(H,59,66)(H,60,65)(H,61,67)(H,62,69)(H,71,72)(H,73,74)(H,75,76)(H4,54,55,56)/b18-17+,28-23+/t29-,30-,31-,32+,34-,35-,36-,37+,38-,39+,40-,42+/m0/s1. The van der Waals surface area contributed by atoms with Gasteiger partial charge < -0.3 is 74.1 Å². The van der Waals surface area contributed by atoms with E-state index in [2.05, 4.69) is 36.9 Å². The average Bonchev–Trinajstić information content (AvgIpc) is 3.37. The summed E-state index contributed by atoms with van der Waals surface area (Å²) < 4.78 is 5.82. The van der Waals surface area contributed by atoms with Crippen molar-refractivity contribution >= 4 is 77.0 Å². The van der Waals surface area contributed by atoms with Gasteiger partial charge in [-0.05, 0) is 57.4 Å². The first kappa shape index (κ1) is 67.1. The van der Waals surface area contributed by atoms with Crippen molar-refractivity contribution in [1.29, 1.82) is 0 Å². The molecule has 1 saturated heterocycles. The van der Waals surface area contributed by atoms with Crippen LogP contribution in [0.25, 0.3) is 0 Å². The molecule has 78 heavy (non-hydrogen) atoms. The molecule has 1 heterocycles. The van der Waals surface area contributed by atoms with Gasteiger partial charge in [-0.25, -0.2) is 9.59 Å². The number of ether oxygens (including phenoxy) is 1. The normalized spacial score (nSPS) is 25.4. The van der Waals surface area contributed by atoms with Crippen molar-refractivity contribution in [2.75, 3.05) is 32.2 Å². The average molecular weight is 1120 g/mol. The lowest BCUT2D eigenvalue weighted by Gasteiger charge is -2.30. The maximum absolute atomic E-state index is 14.5. The molecule has 1 aliphatic heterocycles. The number of rotatable bonds is 20. The van der Waals surface area contributed by atoms with Crippen LogP contribution in [0.1, 0.15) is 86.1 Å². The lowest BCUT2D eigenvalue weighted by molar-refractivity contribution is -0.146. The summed E-state index contributed by atoms with van der Waals surface area (Å²) in [5.41, 5.74) is 18.5. The molecule has 25 nitrogen and oxygen atoms in total. The van der Waals surface area contributed by atoms with Crippen molar-refractivity contribution in [1.82, 2.24) is 36.8 Å². The van der Waals surface area contributed by atoms with Gasteiger partial charge in [-0.15, -0.1) is 0 Å². The van der Waals surface area contributed by atoms with E-state index in [9.17, 15) is 63.3 Å². The number of hydrogen-bond acceptors (Lipinski definition) is 14. The molecule has 0 aliphatic carbocycles. The number of likely N-dealkylation sites (N-methyl/N-ethyl adjacent to an activating group) is 1. The number of nitrogens with one attached hydrogen (secondary N) is 6. The lowest BCUT2D eigenvalue weighted by atomic mass is 9.94. The molecule has 15 N–H and O–H groups in total. The van der Waals surface area contributed by atoms with Crippen LogP contribution >= 0.6 is 11.8 Å². The molecule has 434 valence electrons. The zero-order valence-electron chi connectivity index (χ0n) is 45.9. The van der Waals surface area contributed by atoms with Crippen LogP contribution in [0.3, 0.4) is 0 Å². The highest BCUT2D eigenvalue weighted by atomic mass is 32.2. The number of aliphatic imine (C=N–C) groups is 1. The molecule has 0 radical (unpaired) electrons. The fourth-order valence-corrected chi connectivity index (χ4v) is 9.24. The third-order valence-corrected chi connectivity index (χ3v) is 14.1. The van der Waals surface area contributed by atoms with E-state index in [1.165, 1.54) is 33.9 Å². The highest BCUT2D eigenvalue weighted by molar-refractivity contribution is 7.99. The number of carboxylic acid groups (broad SMARTS) is 3. The molecule has 7 amide bonds. The van der Waals surface area contributed by atoms with E-state index < -0.39 is 132 Å². The van der Waals surface area contributed by atoms with Gasteiger partial charge >= 0.3 is 17.9 Å². The van der Waals surface area contributed by atoms with E-state index in [4.69, 9.17) is 21.9 Å². The van der Waals surface area contributed by atoms with Crippen LogP contribution in [0.4, 0.5) is 0 Å². The predicted molar refractivity (Wildman–Crippen MR) is 292 cm³/mol. The van der Waals surface area contributed by atoms with Gasteiger partial charge in [-0.2, -0.15) is 11.8 Å². The molecule has 0 spiro atoms. The van der Waals surface area contributed by atoms with Gasteiger partial charge in [0, 0.05) is 44.5 Å². The minimum absolute atomic E-state index is 0.00362. The molecule has 1 fully saturated rings. The largest absolute Gasteiger partial charge is 0.480 e. The van der Waals surface area contributed by atoms with E-state index in [0.717, 1.165) is 22.2 Å². The number of benzene rings is 1. The van der Waals surface area contributed by atoms with Crippen LogP contribution in [0.2, 0.25) is 0 Å². The summed E-state index contributed by atoms with van der Waals surface area (Å²) in [6.45, 7) is 11.1. The van der Waals surface area contributed by atoms with Crippen LogP contribution in [-0.4, -0.2) is 172 Å². The summed E-state index contributed by atoms with van der Waals surface area (Å²) in [6.07, 6.45) is 4.34. The van der Waals surface area contributed by atoms with E-state index in [1.54, 1.807) is 34.0 Å². The second-order valence-electron chi connectivity index (χ2n) is 19.9. The minimum Gasteiger partial charge on any atom is -0.480 e. The molecule has 12 atom stereocenters. The number of nitrogens with two attached hydrogens (primary N) is 3. The molecular formula is C52H81N11O14S. The Bertz CT molecular complexity index is 2330. The topological polar surface area (TPSA) is 406 Å². The molecular weight excluding hydrogens is 1030 g/mol. The SMILES string of the molecule is CO[C@@H](Cc1ccccc1)[C@@H](C)/C=C(C)/C=C/[C@@H]1NC(=O)[C@H](CCCN=C(N)N)NC(=O)[C@@H](C)[C@H](C(=O)O)NC(=O)[C@H](CC(C)C)NC(=O)[C@@H](C)NC(=O)[C@@H](CSC[C@H](N)C(=O)O)N(C)C(=O)CC[C@H](C(=O)O)NC(=O)[C@H]1C. The van der Waals surface area contributed by atoms with Crippen LogP contribution in [-0.2, 0) is 59.1 Å². The number of methoxy groups -OCH3 is 1. The number of guanidine groups is 1. The van der Waals surface area contributed by atoms with Crippen molar-refractivity contribution in [2.24, 2.45) is 45.9 Å². The highest BCUT2D eigenvalue weighted by Crippen LogP contribution is 2.19. The first-order valence-electron chi connectivity index (χ1n) is 25.7. The predicted octanol–water partition coefficient (Wildman–Crippen LogP) is -0.382.